The number of rotatable bonds is 3. The second kappa shape index (κ2) is 6.88. The molecule has 0 radical (unpaired) electrons. The molecule has 1 amide bonds. The van der Waals surface area contributed by atoms with E-state index in [0.717, 1.165) is 12.0 Å². The summed E-state index contributed by atoms with van der Waals surface area (Å²) in [5.74, 6) is -0.130. The van der Waals surface area contributed by atoms with Gasteiger partial charge in [0.1, 0.15) is 23.5 Å². The predicted octanol–water partition coefficient (Wildman–Crippen LogP) is 2.29. The van der Waals surface area contributed by atoms with Gasteiger partial charge >= 0.3 is 0 Å². The van der Waals surface area contributed by atoms with Crippen LogP contribution in [0.15, 0.2) is 17.5 Å². The molecule has 0 bridgehead atoms. The number of likely N-dealkylation sites (N-methyl/N-ethyl adjacent to an activating group) is 1. The molecule has 25 heavy (non-hydrogen) atoms. The van der Waals surface area contributed by atoms with Crippen LogP contribution in [0.3, 0.4) is 0 Å². The number of nitriles is 2. The summed E-state index contributed by atoms with van der Waals surface area (Å²) < 4.78 is 0. The molecule has 8 heteroatoms. The van der Waals surface area contributed by atoms with Crippen LogP contribution in [0.25, 0.3) is 11.4 Å². The lowest BCUT2D eigenvalue weighted by molar-refractivity contribution is -0.121. The highest BCUT2D eigenvalue weighted by Crippen LogP contribution is 2.28. The van der Waals surface area contributed by atoms with E-state index in [2.05, 4.69) is 22.2 Å². The van der Waals surface area contributed by atoms with E-state index in [1.165, 1.54) is 21.1 Å². The number of hydrogen-bond donors (Lipinski definition) is 0. The Kier molecular flexibility index (Phi) is 4.64. The number of pyridine rings is 1. The van der Waals surface area contributed by atoms with Gasteiger partial charge in [0.05, 0.1) is 5.69 Å². The molecule has 0 spiro atoms. The van der Waals surface area contributed by atoms with E-state index in [1.54, 1.807) is 7.05 Å². The first kappa shape index (κ1) is 16.9. The molecule has 126 valence electrons. The van der Waals surface area contributed by atoms with E-state index < -0.39 is 6.04 Å². The first-order valence-electron chi connectivity index (χ1n) is 7.82. The van der Waals surface area contributed by atoms with Crippen LogP contribution in [0.4, 0.5) is 5.13 Å². The molecule has 1 saturated heterocycles. The van der Waals surface area contributed by atoms with Crippen molar-refractivity contribution in [3.05, 3.63) is 28.8 Å². The molecule has 3 rings (SSSR count). The van der Waals surface area contributed by atoms with Crippen molar-refractivity contribution in [2.75, 3.05) is 18.5 Å². The molecule has 0 saturated carbocycles. The first-order chi connectivity index (χ1) is 12.0. The minimum Gasteiger partial charge on any atom is -0.298 e. The van der Waals surface area contributed by atoms with Crippen molar-refractivity contribution < 1.29 is 4.79 Å². The number of likely N-dealkylation sites (tertiary alicyclic amines) is 1. The average molecular weight is 352 g/mol. The highest BCUT2D eigenvalue weighted by Gasteiger charge is 2.33. The standard InChI is InChI=1S/C17H16N6OS/c1-11-5-6-12(20-13(11)8-18)14-9-25-17(21-14)22(2)16(24)15-4-3-7-23(15)10-19/h5-6,9,15H,3-4,7H2,1-2H3. The smallest absolute Gasteiger partial charge is 0.251 e. The largest absolute Gasteiger partial charge is 0.298 e. The maximum absolute atomic E-state index is 12.6. The Morgan fingerprint density at radius 1 is 1.36 bits per heavy atom. The maximum Gasteiger partial charge on any atom is 0.251 e. The number of anilines is 1. The number of aromatic nitrogens is 2. The average Bonchev–Trinajstić information content (AvgIpc) is 3.30. The molecule has 1 fully saturated rings. The van der Waals surface area contributed by atoms with Crippen molar-refractivity contribution in [1.29, 1.82) is 10.5 Å². The van der Waals surface area contributed by atoms with Gasteiger partial charge in [-0.25, -0.2) is 9.97 Å². The summed E-state index contributed by atoms with van der Waals surface area (Å²) in [5.41, 5.74) is 2.41. The van der Waals surface area contributed by atoms with Gasteiger partial charge in [-0.1, -0.05) is 6.07 Å². The van der Waals surface area contributed by atoms with Gasteiger partial charge in [0.25, 0.3) is 5.91 Å². The normalized spacial score (nSPS) is 16.3. The lowest BCUT2D eigenvalue weighted by atomic mass is 10.2. The Hall–Kier alpha value is -2.97. The fraction of sp³-hybridized carbons (Fsp3) is 0.353. The maximum atomic E-state index is 12.6. The van der Waals surface area contributed by atoms with Crippen molar-refractivity contribution in [2.45, 2.75) is 25.8 Å². The van der Waals surface area contributed by atoms with Crippen LogP contribution < -0.4 is 4.90 Å². The first-order valence-corrected chi connectivity index (χ1v) is 8.70. The Bertz CT molecular complexity index is 893. The molecular weight excluding hydrogens is 336 g/mol. The monoisotopic (exact) mass is 352 g/mol. The third kappa shape index (κ3) is 3.17. The molecule has 2 aromatic heterocycles. The van der Waals surface area contributed by atoms with Gasteiger partial charge in [0.2, 0.25) is 0 Å². The summed E-state index contributed by atoms with van der Waals surface area (Å²) >= 11 is 1.34. The highest BCUT2D eigenvalue weighted by molar-refractivity contribution is 7.14. The number of hydrogen-bond acceptors (Lipinski definition) is 7. The third-order valence-electron chi connectivity index (χ3n) is 4.24. The number of carbonyl (C=O) groups excluding carboxylic acids is 1. The number of thiazole rings is 1. The fourth-order valence-electron chi connectivity index (χ4n) is 2.78. The zero-order valence-electron chi connectivity index (χ0n) is 13.9. The molecule has 1 aliphatic heterocycles. The summed E-state index contributed by atoms with van der Waals surface area (Å²) in [5, 5.41) is 20.6. The van der Waals surface area contributed by atoms with Crippen LogP contribution in [0, 0.1) is 29.7 Å². The zero-order valence-corrected chi connectivity index (χ0v) is 14.7. The SMILES string of the molecule is Cc1ccc(-c2csc(N(C)C(=O)C3CCCN3C#N)n2)nc1C#N. The fourth-order valence-corrected chi connectivity index (χ4v) is 3.57. The van der Waals surface area contributed by atoms with Crippen molar-refractivity contribution in [1.82, 2.24) is 14.9 Å². The summed E-state index contributed by atoms with van der Waals surface area (Å²) in [7, 11) is 1.67. The zero-order chi connectivity index (χ0) is 18.0. The van der Waals surface area contributed by atoms with Crippen molar-refractivity contribution in [3.8, 4) is 23.7 Å². The van der Waals surface area contributed by atoms with Gasteiger partial charge in [-0.15, -0.1) is 11.3 Å². The Labute approximate surface area is 149 Å². The van der Waals surface area contributed by atoms with Crippen LogP contribution in [0.2, 0.25) is 0 Å². The molecule has 7 nitrogen and oxygen atoms in total. The van der Waals surface area contributed by atoms with Crippen LogP contribution >= 0.6 is 11.3 Å². The predicted molar refractivity (Wildman–Crippen MR) is 93.5 cm³/mol. The van der Waals surface area contributed by atoms with Crippen LogP contribution in [0.5, 0.6) is 0 Å². The molecule has 0 aromatic carbocycles. The van der Waals surface area contributed by atoms with E-state index in [0.29, 0.717) is 35.2 Å². The summed E-state index contributed by atoms with van der Waals surface area (Å²) in [6.07, 6.45) is 3.60. The molecule has 1 aliphatic rings. The number of nitrogens with zero attached hydrogens (tertiary/aromatic N) is 6. The van der Waals surface area contributed by atoms with Gasteiger partial charge < -0.3 is 0 Å². The molecule has 2 aromatic rings. The van der Waals surface area contributed by atoms with E-state index in [-0.39, 0.29) is 5.91 Å². The topological polar surface area (TPSA) is 96.9 Å². The summed E-state index contributed by atoms with van der Waals surface area (Å²) in [4.78, 5) is 24.5. The Morgan fingerprint density at radius 2 is 2.16 bits per heavy atom. The lowest BCUT2D eigenvalue weighted by Crippen LogP contribution is -2.42. The van der Waals surface area contributed by atoms with Gasteiger partial charge in [0, 0.05) is 19.0 Å². The van der Waals surface area contributed by atoms with E-state index in [9.17, 15) is 4.79 Å². The third-order valence-corrected chi connectivity index (χ3v) is 5.16. The Balaban J connectivity index is 1.83. The minimum absolute atomic E-state index is 0.130. The van der Waals surface area contributed by atoms with E-state index in [4.69, 9.17) is 10.5 Å². The Morgan fingerprint density at radius 3 is 2.88 bits per heavy atom. The number of amides is 1. The molecule has 1 unspecified atom stereocenters. The second-order valence-corrected chi connectivity index (χ2v) is 6.67. The van der Waals surface area contributed by atoms with E-state index in [1.807, 2.05) is 24.4 Å². The molecule has 0 N–H and O–H groups in total. The highest BCUT2D eigenvalue weighted by atomic mass is 32.1. The minimum atomic E-state index is -0.412. The molecule has 3 heterocycles. The lowest BCUT2D eigenvalue weighted by Gasteiger charge is -2.22. The van der Waals surface area contributed by atoms with Gasteiger partial charge in [0.15, 0.2) is 11.3 Å². The molecular formula is C17H16N6OS. The van der Waals surface area contributed by atoms with Crippen molar-refractivity contribution in [3.63, 3.8) is 0 Å². The molecule has 1 atom stereocenters. The van der Waals surface area contributed by atoms with Crippen molar-refractivity contribution in [2.24, 2.45) is 0 Å². The van der Waals surface area contributed by atoms with Gasteiger partial charge in [-0.2, -0.15) is 10.5 Å². The van der Waals surface area contributed by atoms with Crippen LogP contribution in [-0.2, 0) is 4.79 Å². The summed E-state index contributed by atoms with van der Waals surface area (Å²) in [6, 6.07) is 5.30. The quantitative estimate of drug-likeness (QED) is 0.786. The summed E-state index contributed by atoms with van der Waals surface area (Å²) in [6.45, 7) is 2.45. The van der Waals surface area contributed by atoms with Gasteiger partial charge in [-0.3, -0.25) is 14.6 Å². The van der Waals surface area contributed by atoms with E-state index >= 15 is 0 Å². The second-order valence-electron chi connectivity index (χ2n) is 5.84. The van der Waals surface area contributed by atoms with Crippen molar-refractivity contribution >= 4 is 22.4 Å². The van der Waals surface area contributed by atoms with Gasteiger partial charge in [-0.05, 0) is 31.4 Å². The number of aryl methyl sites for hydroxylation is 1. The van der Waals surface area contributed by atoms with Crippen LogP contribution in [0.1, 0.15) is 24.1 Å². The molecule has 0 aliphatic carbocycles. The van der Waals surface area contributed by atoms with Crippen LogP contribution in [-0.4, -0.2) is 40.4 Å². The number of carbonyl (C=O) groups is 1.